The van der Waals surface area contributed by atoms with Crippen molar-refractivity contribution in [2.24, 2.45) is 5.92 Å². The molecule has 1 aromatic heterocycles. The first kappa shape index (κ1) is 21.7. The molecule has 30 heavy (non-hydrogen) atoms. The molecular weight excluding hydrogens is 401 g/mol. The van der Waals surface area contributed by atoms with Crippen LogP contribution in [0.2, 0.25) is 0 Å². The Morgan fingerprint density at radius 1 is 1.30 bits per heavy atom. The van der Waals surface area contributed by atoms with Crippen molar-refractivity contribution in [1.82, 2.24) is 20.2 Å². The molecule has 1 aliphatic heterocycles. The minimum absolute atomic E-state index is 0.0909. The summed E-state index contributed by atoms with van der Waals surface area (Å²) < 4.78 is 46.8. The lowest BCUT2D eigenvalue weighted by Gasteiger charge is -2.36. The van der Waals surface area contributed by atoms with Crippen LogP contribution >= 0.6 is 0 Å². The average molecular weight is 424 g/mol. The van der Waals surface area contributed by atoms with Crippen LogP contribution in [0.5, 0.6) is 0 Å². The number of amides is 2. The maximum atomic E-state index is 14.6. The fraction of sp³-hybridized carbons (Fsp3) is 0.450. The molecule has 0 bridgehead atoms. The van der Waals surface area contributed by atoms with Crippen LogP contribution in [0.4, 0.5) is 18.0 Å². The highest BCUT2D eigenvalue weighted by Crippen LogP contribution is 2.35. The Bertz CT molecular complexity index is 947. The second kappa shape index (κ2) is 8.76. The normalized spacial score (nSPS) is 16.9. The van der Waals surface area contributed by atoms with E-state index >= 15 is 0 Å². The van der Waals surface area contributed by atoms with Gasteiger partial charge >= 0.3 is 12.0 Å². The Labute approximate surface area is 171 Å². The summed E-state index contributed by atoms with van der Waals surface area (Å²) in [7, 11) is 1.22. The van der Waals surface area contributed by atoms with E-state index < -0.39 is 41.5 Å². The van der Waals surface area contributed by atoms with Crippen molar-refractivity contribution < 1.29 is 27.5 Å². The number of aromatic amines is 1. The van der Waals surface area contributed by atoms with E-state index in [4.69, 9.17) is 4.74 Å². The predicted molar refractivity (Wildman–Crippen MR) is 101 cm³/mol. The molecule has 3 rings (SSSR count). The van der Waals surface area contributed by atoms with Gasteiger partial charge in [0.05, 0.1) is 19.1 Å². The number of aromatic nitrogens is 2. The number of urea groups is 1. The van der Waals surface area contributed by atoms with E-state index in [1.54, 1.807) is 0 Å². The largest absolute Gasteiger partial charge is 0.467 e. The third-order valence-corrected chi connectivity index (χ3v) is 5.04. The Hall–Kier alpha value is -3.04. The number of carbonyl (C=O) groups excluding carboxylic acids is 2. The first-order valence-electron chi connectivity index (χ1n) is 9.55. The molecule has 2 N–H and O–H groups in total. The summed E-state index contributed by atoms with van der Waals surface area (Å²) in [5.41, 5.74) is 0.773. The second-order valence-corrected chi connectivity index (χ2v) is 7.53. The number of H-pyrrole nitrogens is 1. The van der Waals surface area contributed by atoms with Crippen LogP contribution in [0.3, 0.4) is 0 Å². The molecule has 10 heteroatoms. The van der Waals surface area contributed by atoms with Gasteiger partial charge in [0.25, 0.3) is 0 Å². The van der Waals surface area contributed by atoms with E-state index in [-0.39, 0.29) is 18.0 Å². The molecule has 0 radical (unpaired) electrons. The molecule has 0 unspecified atom stereocenters. The van der Waals surface area contributed by atoms with Gasteiger partial charge in [0.15, 0.2) is 17.5 Å². The van der Waals surface area contributed by atoms with Gasteiger partial charge < -0.3 is 19.9 Å². The van der Waals surface area contributed by atoms with Gasteiger partial charge in [0, 0.05) is 24.2 Å². The van der Waals surface area contributed by atoms with Crippen LogP contribution in [0, 0.1) is 23.4 Å². The van der Waals surface area contributed by atoms with Gasteiger partial charge in [-0.3, -0.25) is 0 Å². The van der Waals surface area contributed by atoms with Crippen LogP contribution in [-0.2, 0) is 16.0 Å². The highest BCUT2D eigenvalue weighted by atomic mass is 19.2. The molecule has 0 saturated carbocycles. The highest BCUT2D eigenvalue weighted by Gasteiger charge is 2.38. The third-order valence-electron chi connectivity index (χ3n) is 5.04. The van der Waals surface area contributed by atoms with Crippen molar-refractivity contribution in [3.63, 3.8) is 0 Å². The van der Waals surface area contributed by atoms with E-state index in [0.717, 1.165) is 12.1 Å². The fourth-order valence-corrected chi connectivity index (χ4v) is 3.62. The number of hydrogen-bond donors (Lipinski definition) is 2. The van der Waals surface area contributed by atoms with Gasteiger partial charge in [-0.15, -0.1) is 0 Å². The van der Waals surface area contributed by atoms with Gasteiger partial charge in [-0.05, 0) is 18.4 Å². The SMILES string of the molecule is COC(=O)[C@@H](CC(C)C)NC(=O)N1CCc2[nH]cnc2[C@H]1c1ccc(F)c(F)c1F. The first-order valence-corrected chi connectivity index (χ1v) is 9.55. The van der Waals surface area contributed by atoms with E-state index in [2.05, 4.69) is 15.3 Å². The zero-order chi connectivity index (χ0) is 22.0. The number of esters is 1. The number of rotatable bonds is 5. The lowest BCUT2D eigenvalue weighted by atomic mass is 9.95. The van der Waals surface area contributed by atoms with Crippen LogP contribution in [0.1, 0.15) is 43.3 Å². The monoisotopic (exact) mass is 424 g/mol. The van der Waals surface area contributed by atoms with Crippen LogP contribution in [0.25, 0.3) is 0 Å². The quantitative estimate of drug-likeness (QED) is 0.571. The van der Waals surface area contributed by atoms with E-state index in [9.17, 15) is 22.8 Å². The lowest BCUT2D eigenvalue weighted by Crippen LogP contribution is -2.52. The number of hydrogen-bond acceptors (Lipinski definition) is 4. The molecule has 2 atom stereocenters. The molecule has 0 spiro atoms. The Kier molecular flexibility index (Phi) is 6.33. The van der Waals surface area contributed by atoms with Gasteiger partial charge in [0.1, 0.15) is 12.1 Å². The third kappa shape index (κ3) is 4.12. The van der Waals surface area contributed by atoms with Crippen molar-refractivity contribution in [2.45, 2.75) is 38.8 Å². The Morgan fingerprint density at radius 3 is 2.70 bits per heavy atom. The summed E-state index contributed by atoms with van der Waals surface area (Å²) in [5.74, 6) is -4.85. The van der Waals surface area contributed by atoms with Crippen LogP contribution < -0.4 is 5.32 Å². The van der Waals surface area contributed by atoms with Crippen LogP contribution in [0.15, 0.2) is 18.5 Å². The summed E-state index contributed by atoms with van der Waals surface area (Å²) in [5, 5.41) is 2.62. The standard InChI is InChI=1S/C20H23F3N4O3/c1-10(2)8-14(19(28)30-3)26-20(29)27-7-6-13-17(25-9-24-13)18(27)11-4-5-12(21)16(23)15(11)22/h4-5,9-10,14,18H,6-8H2,1-3H3,(H,24,25)(H,26,29)/t14-,18-/m1/s1. The van der Waals surface area contributed by atoms with Crippen molar-refractivity contribution in [1.29, 1.82) is 0 Å². The molecular formula is C20H23F3N4O3. The summed E-state index contributed by atoms with van der Waals surface area (Å²) >= 11 is 0. The van der Waals surface area contributed by atoms with Crippen LogP contribution in [-0.4, -0.2) is 46.6 Å². The molecule has 162 valence electrons. The molecule has 0 aliphatic carbocycles. The zero-order valence-corrected chi connectivity index (χ0v) is 16.8. The topological polar surface area (TPSA) is 87.3 Å². The van der Waals surface area contributed by atoms with Gasteiger partial charge in [-0.1, -0.05) is 19.9 Å². The van der Waals surface area contributed by atoms with E-state index in [0.29, 0.717) is 24.2 Å². The molecule has 0 saturated heterocycles. The number of nitrogens with one attached hydrogen (secondary N) is 2. The first-order chi connectivity index (χ1) is 14.2. The number of benzene rings is 1. The Morgan fingerprint density at radius 2 is 2.03 bits per heavy atom. The molecule has 0 fully saturated rings. The molecule has 7 nitrogen and oxygen atoms in total. The molecule has 2 amide bonds. The van der Waals surface area contributed by atoms with Crippen molar-refractivity contribution in [3.8, 4) is 0 Å². The summed E-state index contributed by atoms with van der Waals surface area (Å²) in [6.45, 7) is 3.93. The minimum atomic E-state index is -1.62. The number of nitrogens with zero attached hydrogens (tertiary/aromatic N) is 2. The maximum Gasteiger partial charge on any atom is 0.328 e. The van der Waals surface area contributed by atoms with Gasteiger partial charge in [-0.25, -0.2) is 27.7 Å². The number of ether oxygens (including phenoxy) is 1. The van der Waals surface area contributed by atoms with E-state index in [1.165, 1.54) is 18.3 Å². The van der Waals surface area contributed by atoms with Crippen molar-refractivity contribution in [2.75, 3.05) is 13.7 Å². The van der Waals surface area contributed by atoms with Gasteiger partial charge in [0.2, 0.25) is 0 Å². The molecule has 1 aliphatic rings. The zero-order valence-electron chi connectivity index (χ0n) is 16.8. The molecule has 2 heterocycles. The highest BCUT2D eigenvalue weighted by molar-refractivity contribution is 5.84. The summed E-state index contributed by atoms with van der Waals surface area (Å²) in [6.07, 6.45) is 2.13. The maximum absolute atomic E-state index is 14.6. The second-order valence-electron chi connectivity index (χ2n) is 7.53. The minimum Gasteiger partial charge on any atom is -0.467 e. The number of methoxy groups -OCH3 is 1. The van der Waals surface area contributed by atoms with Crippen molar-refractivity contribution >= 4 is 12.0 Å². The summed E-state index contributed by atoms with van der Waals surface area (Å²) in [6, 6.07) is -0.755. The number of carbonyl (C=O) groups is 2. The average Bonchev–Trinajstić information content (AvgIpc) is 3.19. The summed E-state index contributed by atoms with van der Waals surface area (Å²) in [4.78, 5) is 33.5. The number of imidazole rings is 1. The van der Waals surface area contributed by atoms with Crippen molar-refractivity contribution in [3.05, 3.63) is 52.9 Å². The smallest absolute Gasteiger partial charge is 0.328 e. The lowest BCUT2D eigenvalue weighted by molar-refractivity contribution is -0.143. The Balaban J connectivity index is 1.97. The van der Waals surface area contributed by atoms with E-state index in [1.807, 2.05) is 13.8 Å². The predicted octanol–water partition coefficient (Wildman–Crippen LogP) is 3.07. The fourth-order valence-electron chi connectivity index (χ4n) is 3.62. The van der Waals surface area contributed by atoms with Gasteiger partial charge in [-0.2, -0.15) is 0 Å². The number of fused-ring (bicyclic) bond motifs is 1. The molecule has 1 aromatic carbocycles. The molecule has 2 aromatic rings. The number of halogens is 3.